The maximum Gasteiger partial charge on any atom is 0.336 e. The van der Waals surface area contributed by atoms with Crippen molar-refractivity contribution >= 4 is 11.0 Å². The third-order valence-electron chi connectivity index (χ3n) is 1.71. The van der Waals surface area contributed by atoms with Crippen molar-refractivity contribution in [2.75, 3.05) is 0 Å². The van der Waals surface area contributed by atoms with Gasteiger partial charge in [0, 0.05) is 50.2 Å². The molecule has 1 aromatic carbocycles. The quantitative estimate of drug-likeness (QED) is 0.458. The molecular weight excluding hydrogens is 271 g/mol. The molecule has 0 saturated heterocycles. The first-order chi connectivity index (χ1) is 6.29. The van der Waals surface area contributed by atoms with Gasteiger partial charge < -0.3 is 22.6 Å². The first-order valence-corrected chi connectivity index (χ1v) is 3.67. The molecule has 0 spiro atoms. The van der Waals surface area contributed by atoms with Gasteiger partial charge in [-0.2, -0.15) is 0 Å². The minimum absolute atomic E-state index is 0. The zero-order valence-corrected chi connectivity index (χ0v) is 11.0. The molecular formula is C10H9NO3Y-2. The summed E-state index contributed by atoms with van der Waals surface area (Å²) in [7, 11) is 0. The Balaban J connectivity index is 0.000000980. The van der Waals surface area contributed by atoms with Crippen LogP contribution >= 0.6 is 0 Å². The van der Waals surface area contributed by atoms with Crippen LogP contribution < -0.4 is 10.5 Å². The predicted octanol–water partition coefficient (Wildman–Crippen LogP) is 2.59. The summed E-state index contributed by atoms with van der Waals surface area (Å²) in [6.45, 7) is 0. The van der Waals surface area contributed by atoms with Crippen LogP contribution in [0.3, 0.4) is 0 Å². The Kier molecular flexibility index (Phi) is 5.72. The van der Waals surface area contributed by atoms with E-state index in [4.69, 9.17) is 10.3 Å². The van der Waals surface area contributed by atoms with Crippen molar-refractivity contribution in [2.24, 2.45) is 0 Å². The summed E-state index contributed by atoms with van der Waals surface area (Å²) in [4.78, 5) is 15.1. The molecule has 77 valence electrons. The number of benzene rings is 1. The third-order valence-corrected chi connectivity index (χ3v) is 1.71. The molecule has 0 atom stereocenters. The second-order valence-corrected chi connectivity index (χ2v) is 2.56. The van der Waals surface area contributed by atoms with Crippen molar-refractivity contribution in [1.82, 2.24) is 0 Å². The van der Waals surface area contributed by atoms with Gasteiger partial charge in [-0.25, -0.2) is 4.79 Å². The second-order valence-electron chi connectivity index (χ2n) is 2.56. The third kappa shape index (κ3) is 3.13. The van der Waals surface area contributed by atoms with Crippen LogP contribution in [0.15, 0.2) is 39.5 Å². The van der Waals surface area contributed by atoms with Gasteiger partial charge in [0.25, 0.3) is 0 Å². The Morgan fingerprint density at radius 3 is 2.53 bits per heavy atom. The minimum Gasteiger partial charge on any atom is -0.590 e. The molecule has 1 radical (unpaired) electrons. The normalized spacial score (nSPS) is 8.87. The van der Waals surface area contributed by atoms with Gasteiger partial charge in [-0.15, -0.1) is 0 Å². The molecule has 0 aliphatic carbocycles. The average molecular weight is 280 g/mol. The molecule has 1 heterocycles. The Hall–Kier alpha value is -0.706. The molecule has 0 unspecified atom stereocenters. The first-order valence-electron chi connectivity index (χ1n) is 3.67. The van der Waals surface area contributed by atoms with E-state index in [-0.39, 0.29) is 40.1 Å². The van der Waals surface area contributed by atoms with Crippen LogP contribution in [0.5, 0.6) is 5.75 Å². The van der Waals surface area contributed by atoms with Crippen molar-refractivity contribution < 1.29 is 42.0 Å². The Labute approximate surface area is 112 Å². The van der Waals surface area contributed by atoms with E-state index in [2.05, 4.69) is 4.84 Å². The summed E-state index contributed by atoms with van der Waals surface area (Å²) in [6, 6.07) is 7.87. The molecule has 2 aromatic rings. The smallest absolute Gasteiger partial charge is 0.336 e. The van der Waals surface area contributed by atoms with E-state index in [0.717, 1.165) is 5.39 Å². The monoisotopic (exact) mass is 280 g/mol. The van der Waals surface area contributed by atoms with Gasteiger partial charge in [0.1, 0.15) is 11.3 Å². The molecule has 0 bridgehead atoms. The molecule has 1 aromatic heterocycles. The van der Waals surface area contributed by atoms with E-state index in [1.807, 2.05) is 0 Å². The van der Waals surface area contributed by atoms with Gasteiger partial charge >= 0.3 is 5.63 Å². The predicted molar refractivity (Wildman–Crippen MR) is 53.8 cm³/mol. The fourth-order valence-electron chi connectivity index (χ4n) is 1.10. The van der Waals surface area contributed by atoms with Crippen molar-refractivity contribution in [1.29, 1.82) is 0 Å². The Morgan fingerprint density at radius 2 is 1.87 bits per heavy atom. The van der Waals surface area contributed by atoms with Crippen molar-refractivity contribution in [2.45, 2.75) is 0 Å². The van der Waals surface area contributed by atoms with Gasteiger partial charge in [-0.1, -0.05) is 0 Å². The molecule has 0 aliphatic heterocycles. The summed E-state index contributed by atoms with van der Waals surface area (Å²) < 4.78 is 4.89. The molecule has 2 rings (SSSR count). The maximum absolute atomic E-state index is 10.8. The number of nitrogens with one attached hydrogen (secondary N) is 1. The number of rotatable bonds is 1. The van der Waals surface area contributed by atoms with E-state index in [1.165, 1.54) is 12.1 Å². The van der Waals surface area contributed by atoms with Crippen LogP contribution in [0.25, 0.3) is 16.9 Å². The average Bonchev–Trinajstić information content (AvgIpc) is 2.16. The van der Waals surface area contributed by atoms with Crippen molar-refractivity contribution in [3.8, 4) is 5.75 Å². The standard InChI is InChI=1S/C9H6NO3.CH3.Y/c10-13-7-3-1-6-2-4-9(11)12-8(6)5-7;;/h1-5,10H;1H3;/q2*-1;. The number of hydrogen-bond acceptors (Lipinski definition) is 3. The fourth-order valence-corrected chi connectivity index (χ4v) is 1.10. The van der Waals surface area contributed by atoms with Crippen LogP contribution in [0, 0.1) is 7.43 Å². The first kappa shape index (κ1) is 14.3. The number of fused-ring (bicyclic) bond motifs is 1. The Bertz CT molecular complexity index is 495. The van der Waals surface area contributed by atoms with E-state index >= 15 is 0 Å². The molecule has 0 amide bonds. The van der Waals surface area contributed by atoms with E-state index < -0.39 is 5.63 Å². The molecule has 4 nitrogen and oxygen atoms in total. The van der Waals surface area contributed by atoms with E-state index in [0.29, 0.717) is 11.3 Å². The molecule has 5 heteroatoms. The van der Waals surface area contributed by atoms with Crippen molar-refractivity contribution in [3.63, 3.8) is 0 Å². The largest absolute Gasteiger partial charge is 0.590 e. The SMILES string of the molecule is [CH3-].[NH-]Oc1ccc2ccc(=O)oc2c1.[Y]. The van der Waals surface area contributed by atoms with Crippen molar-refractivity contribution in [3.05, 3.63) is 54.1 Å². The van der Waals surface area contributed by atoms with E-state index in [9.17, 15) is 4.79 Å². The summed E-state index contributed by atoms with van der Waals surface area (Å²) >= 11 is 0. The maximum atomic E-state index is 10.8. The fraction of sp³-hybridized carbons (Fsp3) is 0. The topological polar surface area (TPSA) is 63.2 Å². The zero-order valence-electron chi connectivity index (χ0n) is 8.19. The van der Waals surface area contributed by atoms with E-state index in [1.54, 1.807) is 18.2 Å². The minimum atomic E-state index is -0.408. The van der Waals surface area contributed by atoms with Crippen LogP contribution in [-0.4, -0.2) is 0 Å². The Morgan fingerprint density at radius 1 is 1.20 bits per heavy atom. The second kappa shape index (κ2) is 6.00. The van der Waals surface area contributed by atoms with Gasteiger partial charge in [0.15, 0.2) is 0 Å². The molecule has 0 fully saturated rings. The summed E-state index contributed by atoms with van der Waals surface area (Å²) in [6.07, 6.45) is 0. The van der Waals surface area contributed by atoms with Crippen LogP contribution in [0.2, 0.25) is 0 Å². The zero-order chi connectivity index (χ0) is 9.26. The van der Waals surface area contributed by atoms with Gasteiger partial charge in [-0.05, 0) is 18.2 Å². The summed E-state index contributed by atoms with van der Waals surface area (Å²) in [5, 5.41) is 0.806. The number of hydrogen-bond donors (Lipinski definition) is 0. The van der Waals surface area contributed by atoms with Gasteiger partial charge in [0.05, 0.1) is 0 Å². The molecule has 1 N–H and O–H groups in total. The summed E-state index contributed by atoms with van der Waals surface area (Å²) in [5.41, 5.74) is 0.0203. The van der Waals surface area contributed by atoms with Crippen LogP contribution in [-0.2, 0) is 32.7 Å². The molecule has 0 aliphatic rings. The van der Waals surface area contributed by atoms with Gasteiger partial charge in [0.2, 0.25) is 0 Å². The molecule has 15 heavy (non-hydrogen) atoms. The summed E-state index contributed by atoms with van der Waals surface area (Å²) in [5.74, 6) is 7.00. The van der Waals surface area contributed by atoms with Crippen LogP contribution in [0.1, 0.15) is 0 Å². The van der Waals surface area contributed by atoms with Crippen LogP contribution in [0.4, 0.5) is 0 Å². The van der Waals surface area contributed by atoms with Gasteiger partial charge in [-0.3, -0.25) is 0 Å². The molecule has 0 saturated carbocycles.